The smallest absolute Gasteiger partial charge is 1.00 e. The molecule has 3 rings (SSSR count). The first-order valence-electron chi connectivity index (χ1n) is 16.9. The Hall–Kier alpha value is -0.954. The molecule has 0 aromatic rings. The van der Waals surface area contributed by atoms with Crippen LogP contribution >= 0.6 is 0 Å². The van der Waals surface area contributed by atoms with Crippen molar-refractivity contribution in [2.45, 2.75) is 182 Å². The molecule has 2 saturated carbocycles. The number of carbonyl (C=O) groups is 4. The van der Waals surface area contributed by atoms with Gasteiger partial charge in [0.1, 0.15) is 17.0 Å². The van der Waals surface area contributed by atoms with Crippen molar-refractivity contribution in [3.63, 3.8) is 0 Å². The summed E-state index contributed by atoms with van der Waals surface area (Å²) in [5, 5.41) is 0. The summed E-state index contributed by atoms with van der Waals surface area (Å²) in [4.78, 5) is 49.0. The maximum Gasteiger partial charge on any atom is 2.00 e. The van der Waals surface area contributed by atoms with Crippen LogP contribution in [0.5, 0.6) is 0 Å². The van der Waals surface area contributed by atoms with Crippen molar-refractivity contribution < 1.29 is 63.2 Å². The van der Waals surface area contributed by atoms with E-state index < -0.39 is 29.1 Å². The van der Waals surface area contributed by atoms with E-state index >= 15 is 0 Å². The van der Waals surface area contributed by atoms with E-state index in [9.17, 15) is 36.7 Å². The molecule has 0 bridgehead atoms. The van der Waals surface area contributed by atoms with Crippen molar-refractivity contribution in [1.82, 2.24) is 4.90 Å². The average Bonchev–Trinajstić information content (AvgIpc) is 3.32. The van der Waals surface area contributed by atoms with E-state index in [0.29, 0.717) is 51.4 Å². The first-order valence-corrected chi connectivity index (χ1v) is 16.9. The van der Waals surface area contributed by atoms with Gasteiger partial charge in [0.2, 0.25) is 17.8 Å². The van der Waals surface area contributed by atoms with Crippen LogP contribution in [0.4, 0.5) is 22.4 Å². The molecule has 3 fully saturated rings. The van der Waals surface area contributed by atoms with Gasteiger partial charge >= 0.3 is 35.1 Å². The number of carbonyl (C=O) groups excluding carboxylic acids is 4. The molecule has 0 N–H and O–H groups in total. The second-order valence-corrected chi connectivity index (χ2v) is 14.7. The Morgan fingerprint density at radius 2 is 1.31 bits per heavy atom. The van der Waals surface area contributed by atoms with Gasteiger partial charge in [-0.15, -0.1) is 0 Å². The van der Waals surface area contributed by atoms with Gasteiger partial charge in [-0.25, -0.2) is 27.3 Å². The van der Waals surface area contributed by atoms with Gasteiger partial charge in [-0.2, -0.15) is 6.92 Å². The van der Waals surface area contributed by atoms with E-state index in [4.69, 9.17) is 9.47 Å². The molecule has 2 atom stereocenters. The zero-order chi connectivity index (χ0) is 35.5. The normalized spacial score (nSPS) is 21.1. The quantitative estimate of drug-likeness (QED) is 0.117. The monoisotopic (exact) mass is 783 g/mol. The number of alkyl halides is 4. The zero-order valence-corrected chi connectivity index (χ0v) is 33.4. The number of nitrogens with zero attached hydrogens (tertiary/aromatic N) is 1. The molecule has 0 unspecified atom stereocenters. The minimum Gasteiger partial charge on any atom is -1.00 e. The molecule has 13 heteroatoms. The SMILES string of the molecule is C.CC(C)(C)OC(=O)N1C(=O)CC[C@H]1C1CCC(F)(F)CC1.CCC(=O)CC[C@H](CC(=O)OC(C)(C)C)C1CCC(F)(F)CC1.[Br-].[CH2-]C.[Mg+2]. The Labute approximate surface area is 320 Å². The van der Waals surface area contributed by atoms with Crippen LogP contribution in [0.3, 0.4) is 0 Å². The molecule has 3 aliphatic rings. The second-order valence-electron chi connectivity index (χ2n) is 14.7. The van der Waals surface area contributed by atoms with Crippen LogP contribution in [0.2, 0.25) is 0 Å². The fraction of sp³-hybridized carbons (Fsp3) is 0.861. The fourth-order valence-electron chi connectivity index (χ4n) is 6.31. The van der Waals surface area contributed by atoms with Gasteiger partial charge in [0, 0.05) is 57.4 Å². The number of Topliss-reactive ketones (excluding diaryl/α,β-unsaturated/α-hetero) is 1. The minimum absolute atomic E-state index is 0. The van der Waals surface area contributed by atoms with Crippen molar-refractivity contribution in [1.29, 1.82) is 0 Å². The van der Waals surface area contributed by atoms with E-state index in [2.05, 4.69) is 6.92 Å². The number of esters is 1. The summed E-state index contributed by atoms with van der Waals surface area (Å²) >= 11 is 0. The third-order valence-corrected chi connectivity index (χ3v) is 8.62. The summed E-state index contributed by atoms with van der Waals surface area (Å²) in [6, 6.07) is -0.288. The third-order valence-electron chi connectivity index (χ3n) is 8.62. The van der Waals surface area contributed by atoms with Crippen molar-refractivity contribution in [3.8, 4) is 0 Å². The van der Waals surface area contributed by atoms with Crippen molar-refractivity contribution in [3.05, 3.63) is 6.92 Å². The largest absolute Gasteiger partial charge is 2.00 e. The van der Waals surface area contributed by atoms with Gasteiger partial charge in [0.25, 0.3) is 0 Å². The molecule has 2 amide bonds. The Morgan fingerprint density at radius 1 is 0.857 bits per heavy atom. The van der Waals surface area contributed by atoms with Crippen LogP contribution in [0.25, 0.3) is 0 Å². The van der Waals surface area contributed by atoms with Crippen LogP contribution in [0, 0.1) is 24.7 Å². The molecule has 0 spiro atoms. The molecule has 49 heavy (non-hydrogen) atoms. The van der Waals surface area contributed by atoms with Crippen LogP contribution < -0.4 is 17.0 Å². The number of rotatable bonds is 8. The molecule has 7 nitrogen and oxygen atoms in total. The molecule has 0 aromatic heterocycles. The summed E-state index contributed by atoms with van der Waals surface area (Å²) in [6.07, 6.45) is 2.85. The standard InChI is InChI=1S/C18H30F2O3.C15H23F2NO3.C2H5.CH4.BrH.Mg/c1-5-15(21)7-6-14(12-16(22)23-17(2,3)4)13-8-10-18(19,20)11-9-13;1-14(2,3)21-13(20)18-11(4-5-12(18)19)10-6-8-15(16,17)9-7-10;1-2;;;/h13-14H,5-12H2,1-4H3;10-11H,4-9H2,1-3H3;1H2,2H3;1H4;1H;/q;;-1;;;+2/p-1/t14-;11-;;;;/m10..../s1. The number of likely N-dealkylation sites (tertiary alicyclic amines) is 1. The van der Waals surface area contributed by atoms with E-state index in [1.54, 1.807) is 27.7 Å². The molecule has 1 aliphatic heterocycles. The molecule has 2 aliphatic carbocycles. The predicted molar refractivity (Wildman–Crippen MR) is 182 cm³/mol. The third kappa shape index (κ3) is 20.0. The van der Waals surface area contributed by atoms with Crippen molar-refractivity contribution in [2.24, 2.45) is 17.8 Å². The topological polar surface area (TPSA) is 90.0 Å². The van der Waals surface area contributed by atoms with Gasteiger partial charge in [0.15, 0.2) is 0 Å². The minimum atomic E-state index is -2.60. The van der Waals surface area contributed by atoms with E-state index in [1.807, 2.05) is 27.7 Å². The Balaban J connectivity index is -0.000000778. The van der Waals surface area contributed by atoms with Crippen LogP contribution in [0.15, 0.2) is 0 Å². The van der Waals surface area contributed by atoms with Gasteiger partial charge in [-0.1, -0.05) is 14.4 Å². The summed E-state index contributed by atoms with van der Waals surface area (Å²) in [5.41, 5.74) is -1.23. The molecule has 0 radical (unpaired) electrons. The van der Waals surface area contributed by atoms with Crippen LogP contribution in [0.1, 0.15) is 153 Å². The number of ether oxygens (including phenoxy) is 2. The molecular formula is C36H62BrF4MgNO6. The summed E-state index contributed by atoms with van der Waals surface area (Å²) < 4.78 is 63.8. The Kier molecular flexibility index (Phi) is 24.5. The van der Waals surface area contributed by atoms with Gasteiger partial charge in [-0.3, -0.25) is 14.4 Å². The average molecular weight is 785 g/mol. The first-order chi connectivity index (χ1) is 21.1. The van der Waals surface area contributed by atoms with E-state index in [1.165, 1.54) is 4.90 Å². The van der Waals surface area contributed by atoms with Crippen LogP contribution in [-0.2, 0) is 23.9 Å². The summed E-state index contributed by atoms with van der Waals surface area (Å²) in [7, 11) is 0. The number of hydrogen-bond donors (Lipinski definition) is 0. The van der Waals surface area contributed by atoms with E-state index in [-0.39, 0.29) is 127 Å². The first kappa shape index (κ1) is 52.4. The van der Waals surface area contributed by atoms with Gasteiger partial charge in [0.05, 0.1) is 0 Å². The maximum atomic E-state index is 13.3. The molecule has 1 saturated heterocycles. The number of imide groups is 1. The van der Waals surface area contributed by atoms with E-state index in [0.717, 1.165) is 0 Å². The van der Waals surface area contributed by atoms with Crippen molar-refractivity contribution in [2.75, 3.05) is 0 Å². The molecule has 284 valence electrons. The number of hydrogen-bond acceptors (Lipinski definition) is 6. The molecule has 1 heterocycles. The van der Waals surface area contributed by atoms with Crippen LogP contribution in [-0.4, -0.2) is 80.8 Å². The molecular weight excluding hydrogens is 723 g/mol. The van der Waals surface area contributed by atoms with Gasteiger partial charge in [-0.05, 0) is 97.8 Å². The number of halogens is 5. The zero-order valence-electron chi connectivity index (χ0n) is 30.4. The maximum absolute atomic E-state index is 13.3. The number of amides is 2. The second kappa shape index (κ2) is 22.9. The Morgan fingerprint density at radius 3 is 1.73 bits per heavy atom. The van der Waals surface area contributed by atoms with Gasteiger partial charge < -0.3 is 33.4 Å². The predicted octanol–water partition coefficient (Wildman–Crippen LogP) is 6.76. The number of ketones is 1. The summed E-state index contributed by atoms with van der Waals surface area (Å²) in [5.74, 6) is -5.59. The van der Waals surface area contributed by atoms with Crippen molar-refractivity contribution >= 4 is 46.8 Å². The fourth-order valence-corrected chi connectivity index (χ4v) is 6.31. The summed E-state index contributed by atoms with van der Waals surface area (Å²) in [6.45, 7) is 17.4. The molecule has 0 aromatic carbocycles. The Bertz CT molecular complexity index is 998.